The van der Waals surface area contributed by atoms with E-state index in [1.165, 1.54) is 0 Å². The Balaban J connectivity index is 1.65. The normalized spacial score (nSPS) is 54.7. The minimum atomic E-state index is -1.18. The van der Waals surface area contributed by atoms with Crippen LogP contribution in [0.2, 0.25) is 0 Å². The summed E-state index contributed by atoms with van der Waals surface area (Å²) in [5, 5.41) is 65.3. The smallest absolute Gasteiger partial charge is 0.310 e. The van der Waals surface area contributed by atoms with Crippen LogP contribution >= 0.6 is 0 Å². The molecule has 210 valence electrons. The van der Waals surface area contributed by atoms with Gasteiger partial charge in [0.1, 0.15) is 0 Å². The molecule has 0 aromatic rings. The second kappa shape index (κ2) is 8.26. The van der Waals surface area contributed by atoms with Gasteiger partial charge in [0, 0.05) is 11.3 Å². The highest BCUT2D eigenvalue weighted by Gasteiger charge is 2.72. The largest absolute Gasteiger partial charge is 0.481 e. The van der Waals surface area contributed by atoms with E-state index in [0.29, 0.717) is 38.5 Å². The summed E-state index contributed by atoms with van der Waals surface area (Å²) in [6.07, 6.45) is 5.18. The second-order valence-electron chi connectivity index (χ2n) is 14.6. The van der Waals surface area contributed by atoms with Crippen LogP contribution in [-0.4, -0.2) is 67.6 Å². The van der Waals surface area contributed by atoms with E-state index >= 15 is 0 Å². The summed E-state index contributed by atoms with van der Waals surface area (Å²) >= 11 is 0. The van der Waals surface area contributed by atoms with Crippen LogP contribution in [0.5, 0.6) is 0 Å². The van der Waals surface area contributed by atoms with E-state index in [1.807, 2.05) is 13.8 Å². The molecule has 5 aliphatic rings. The fraction of sp³-hybridized carbons (Fsp3) is 0.900. The molecule has 5 aliphatic carbocycles. The highest BCUT2D eigenvalue weighted by Crippen LogP contribution is 2.76. The van der Waals surface area contributed by atoms with E-state index < -0.39 is 45.9 Å². The van der Waals surface area contributed by atoms with Crippen molar-refractivity contribution in [3.8, 4) is 0 Å². The minimum Gasteiger partial charge on any atom is -0.481 e. The number of allylic oxidation sites excluding steroid dienone is 1. The average Bonchev–Trinajstić information content (AvgIpc) is 2.83. The lowest BCUT2D eigenvalue weighted by Gasteiger charge is -2.72. The summed E-state index contributed by atoms with van der Waals surface area (Å²) in [6.45, 7) is 9.87. The van der Waals surface area contributed by atoms with Gasteiger partial charge in [0.25, 0.3) is 0 Å². The molecule has 0 aliphatic heterocycles. The SMILES string of the molecule is C[C@@H]1CC[C@@]2(C(=O)O)CC[C@@]3(C)C(=CC[C@@H]4[C@@]5(C)C[C@@H](O)[C@H](O)C(CO)(CO)[C@@H]5CC[C@@]43C)[C@@H]2[C@]1(C)O. The zero-order valence-corrected chi connectivity index (χ0v) is 23.2. The third-order valence-corrected chi connectivity index (χ3v) is 13.6. The maximum Gasteiger partial charge on any atom is 0.310 e. The third kappa shape index (κ3) is 3.10. The van der Waals surface area contributed by atoms with Crippen molar-refractivity contribution in [3.05, 3.63) is 11.6 Å². The molecule has 0 amide bonds. The van der Waals surface area contributed by atoms with E-state index in [-0.39, 0.29) is 41.8 Å². The molecule has 11 atom stereocenters. The van der Waals surface area contributed by atoms with Crippen molar-refractivity contribution in [2.75, 3.05) is 13.2 Å². The van der Waals surface area contributed by atoms with E-state index in [0.717, 1.165) is 18.4 Å². The Hall–Kier alpha value is -0.990. The molecule has 0 saturated heterocycles. The summed E-state index contributed by atoms with van der Waals surface area (Å²) in [5.74, 6) is -1.27. The van der Waals surface area contributed by atoms with Gasteiger partial charge < -0.3 is 30.6 Å². The number of fused-ring (bicyclic) bond motifs is 7. The lowest BCUT2D eigenvalue weighted by molar-refractivity contribution is -0.259. The van der Waals surface area contributed by atoms with Gasteiger partial charge in [-0.05, 0) is 92.3 Å². The number of hydrogen-bond acceptors (Lipinski definition) is 6. The fourth-order valence-electron chi connectivity index (χ4n) is 11.1. The Kier molecular flexibility index (Phi) is 6.16. The monoisotopic (exact) mass is 520 g/mol. The topological polar surface area (TPSA) is 138 Å². The van der Waals surface area contributed by atoms with Gasteiger partial charge in [0.2, 0.25) is 0 Å². The molecule has 7 heteroatoms. The molecule has 37 heavy (non-hydrogen) atoms. The molecule has 4 fully saturated rings. The van der Waals surface area contributed by atoms with Gasteiger partial charge >= 0.3 is 5.97 Å². The highest BCUT2D eigenvalue weighted by molar-refractivity contribution is 5.77. The number of carbonyl (C=O) groups is 1. The number of aliphatic hydroxyl groups is 5. The minimum absolute atomic E-state index is 0.00304. The molecule has 0 spiro atoms. The van der Waals surface area contributed by atoms with Crippen molar-refractivity contribution in [1.82, 2.24) is 0 Å². The number of rotatable bonds is 3. The Labute approximate surface area is 221 Å². The summed E-state index contributed by atoms with van der Waals surface area (Å²) in [7, 11) is 0. The van der Waals surface area contributed by atoms with Crippen molar-refractivity contribution in [3.63, 3.8) is 0 Å². The predicted molar refractivity (Wildman–Crippen MR) is 138 cm³/mol. The van der Waals surface area contributed by atoms with Gasteiger partial charge in [0.15, 0.2) is 0 Å². The van der Waals surface area contributed by atoms with Crippen LogP contribution in [0, 0.1) is 50.7 Å². The van der Waals surface area contributed by atoms with Crippen LogP contribution in [-0.2, 0) is 4.79 Å². The molecular weight excluding hydrogens is 472 g/mol. The van der Waals surface area contributed by atoms with Crippen molar-refractivity contribution in [1.29, 1.82) is 0 Å². The van der Waals surface area contributed by atoms with Crippen LogP contribution in [0.25, 0.3) is 0 Å². The van der Waals surface area contributed by atoms with Crippen molar-refractivity contribution in [2.24, 2.45) is 50.7 Å². The number of aliphatic carboxylic acids is 1. The van der Waals surface area contributed by atoms with Gasteiger partial charge in [-0.15, -0.1) is 0 Å². The number of carboxylic acid groups (broad SMARTS) is 1. The lowest BCUT2D eigenvalue weighted by Crippen LogP contribution is -2.70. The molecule has 0 unspecified atom stereocenters. The maximum absolute atomic E-state index is 12.9. The van der Waals surface area contributed by atoms with Crippen molar-refractivity contribution < 1.29 is 35.4 Å². The molecule has 6 N–H and O–H groups in total. The van der Waals surface area contributed by atoms with Crippen molar-refractivity contribution >= 4 is 5.97 Å². The standard InChI is InChI=1S/C30H48O7/c1-17-8-11-29(24(35)36)13-12-26(3)18(22(29)28(17,5)37)6-7-20-25(2)14-19(33)23(34)30(15-31,16-32)21(25)9-10-27(20,26)4/h6,17,19-23,31-34,37H,7-16H2,1-5H3,(H,35,36)/t17-,19-,20-,21-,22-,23+,25-,26+,27+,28-,29-/m1/s1. The van der Waals surface area contributed by atoms with Crippen molar-refractivity contribution in [2.45, 2.75) is 104 Å². The van der Waals surface area contributed by atoms with Crippen LogP contribution in [0.1, 0.15) is 86.0 Å². The van der Waals surface area contributed by atoms with Crippen LogP contribution < -0.4 is 0 Å². The second-order valence-corrected chi connectivity index (χ2v) is 14.6. The van der Waals surface area contributed by atoms with E-state index in [1.54, 1.807) is 0 Å². The van der Waals surface area contributed by atoms with E-state index in [2.05, 4.69) is 26.8 Å². The summed E-state index contributed by atoms with van der Waals surface area (Å²) < 4.78 is 0. The van der Waals surface area contributed by atoms with Crippen LogP contribution in [0.3, 0.4) is 0 Å². The zero-order chi connectivity index (χ0) is 27.4. The Bertz CT molecular complexity index is 986. The Morgan fingerprint density at radius 1 is 0.973 bits per heavy atom. The molecule has 0 bridgehead atoms. The first kappa shape index (κ1) is 27.6. The van der Waals surface area contributed by atoms with Crippen LogP contribution in [0.4, 0.5) is 0 Å². The zero-order valence-electron chi connectivity index (χ0n) is 23.2. The molecule has 0 aromatic heterocycles. The quantitative estimate of drug-likeness (QED) is 0.314. The third-order valence-electron chi connectivity index (χ3n) is 13.6. The van der Waals surface area contributed by atoms with Gasteiger partial charge in [-0.25, -0.2) is 0 Å². The lowest BCUT2D eigenvalue weighted by atomic mass is 9.32. The first-order valence-corrected chi connectivity index (χ1v) is 14.4. The summed E-state index contributed by atoms with van der Waals surface area (Å²) in [5.41, 5.74) is -3.11. The Morgan fingerprint density at radius 3 is 2.22 bits per heavy atom. The molecule has 4 saturated carbocycles. The predicted octanol–water partition coefficient (Wildman–Crippen LogP) is 3.12. The molecular formula is C30H48O7. The average molecular weight is 521 g/mol. The highest BCUT2D eigenvalue weighted by atomic mass is 16.4. The number of aliphatic hydroxyl groups excluding tert-OH is 4. The van der Waals surface area contributed by atoms with E-state index in [4.69, 9.17) is 0 Å². The molecule has 0 radical (unpaired) electrons. The molecule has 0 heterocycles. The molecule has 5 rings (SSSR count). The fourth-order valence-corrected chi connectivity index (χ4v) is 11.1. The first-order chi connectivity index (χ1) is 17.1. The van der Waals surface area contributed by atoms with Crippen LogP contribution in [0.15, 0.2) is 11.6 Å². The molecule has 0 aromatic carbocycles. The van der Waals surface area contributed by atoms with Gasteiger partial charge in [-0.3, -0.25) is 4.79 Å². The number of carboxylic acids is 1. The summed E-state index contributed by atoms with van der Waals surface area (Å²) in [4.78, 5) is 12.9. The summed E-state index contributed by atoms with van der Waals surface area (Å²) in [6, 6.07) is 0. The maximum atomic E-state index is 12.9. The molecule has 7 nitrogen and oxygen atoms in total. The van der Waals surface area contributed by atoms with E-state index in [9.17, 15) is 35.4 Å². The van der Waals surface area contributed by atoms with Gasteiger partial charge in [-0.2, -0.15) is 0 Å². The van der Waals surface area contributed by atoms with Gasteiger partial charge in [0.05, 0.1) is 36.4 Å². The number of hydrogen-bond donors (Lipinski definition) is 6. The first-order valence-electron chi connectivity index (χ1n) is 14.4. The van der Waals surface area contributed by atoms with Gasteiger partial charge in [-0.1, -0.05) is 39.3 Å². The Morgan fingerprint density at radius 2 is 1.62 bits per heavy atom.